The lowest BCUT2D eigenvalue weighted by atomic mass is 9.86. The summed E-state index contributed by atoms with van der Waals surface area (Å²) in [6.07, 6.45) is -3.69. The van der Waals surface area contributed by atoms with E-state index in [4.69, 9.17) is 32.8 Å². The summed E-state index contributed by atoms with van der Waals surface area (Å²) in [6.45, 7) is 3.98. The molecule has 0 amide bonds. The molecule has 0 bridgehead atoms. The molecule has 1 atom stereocenters. The fourth-order valence-electron chi connectivity index (χ4n) is 3.30. The molecule has 0 aromatic heterocycles. The van der Waals surface area contributed by atoms with Gasteiger partial charge in [0.2, 0.25) is 0 Å². The summed E-state index contributed by atoms with van der Waals surface area (Å²) in [5.74, 6) is -0.472. The molecule has 31 heavy (non-hydrogen) atoms. The zero-order chi connectivity index (χ0) is 22.8. The molecule has 1 heterocycles. The molecule has 1 aliphatic rings. The molecular formula is C22H20Cl2F3NO3. The Morgan fingerprint density at radius 1 is 1.19 bits per heavy atom. The van der Waals surface area contributed by atoms with Gasteiger partial charge in [-0.1, -0.05) is 47.8 Å². The lowest BCUT2D eigenvalue weighted by molar-refractivity contribution is -0.275. The molecule has 0 saturated heterocycles. The molecule has 0 saturated carbocycles. The lowest BCUT2D eigenvalue weighted by Gasteiger charge is -2.29. The lowest BCUT2D eigenvalue weighted by Crippen LogP contribution is -2.42. The number of benzene rings is 2. The number of hydrogen-bond acceptors (Lipinski definition) is 4. The SMILES string of the molecule is CCCCOC(=O)c1ccc(C2=NOC(c3cc(Cl)cc(Cl)c3)(C(F)(F)F)C2)cc1C. The summed E-state index contributed by atoms with van der Waals surface area (Å²) in [6, 6.07) is 8.32. The van der Waals surface area contributed by atoms with Crippen LogP contribution in [0.5, 0.6) is 0 Å². The zero-order valence-electron chi connectivity index (χ0n) is 16.9. The largest absolute Gasteiger partial charge is 0.462 e. The van der Waals surface area contributed by atoms with Gasteiger partial charge in [0.05, 0.1) is 17.9 Å². The van der Waals surface area contributed by atoms with E-state index in [0.29, 0.717) is 23.3 Å². The Balaban J connectivity index is 1.88. The van der Waals surface area contributed by atoms with E-state index < -0.39 is 24.2 Å². The van der Waals surface area contributed by atoms with Crippen molar-refractivity contribution >= 4 is 34.9 Å². The van der Waals surface area contributed by atoms with Crippen molar-refractivity contribution in [2.45, 2.75) is 44.9 Å². The van der Waals surface area contributed by atoms with Crippen LogP contribution in [0.25, 0.3) is 0 Å². The van der Waals surface area contributed by atoms with Crippen LogP contribution in [0.2, 0.25) is 10.0 Å². The maximum atomic E-state index is 14.1. The van der Waals surface area contributed by atoms with E-state index in [-0.39, 0.29) is 21.3 Å². The first kappa shape index (κ1) is 23.4. The highest BCUT2D eigenvalue weighted by atomic mass is 35.5. The number of unbranched alkanes of at least 4 members (excludes halogenated alkanes) is 1. The van der Waals surface area contributed by atoms with Crippen molar-refractivity contribution in [2.24, 2.45) is 5.16 Å². The third kappa shape index (κ3) is 4.83. The maximum Gasteiger partial charge on any atom is 0.435 e. The number of hydrogen-bond donors (Lipinski definition) is 0. The van der Waals surface area contributed by atoms with Gasteiger partial charge in [-0.2, -0.15) is 13.2 Å². The molecule has 166 valence electrons. The highest BCUT2D eigenvalue weighted by Gasteiger charge is 2.62. The topological polar surface area (TPSA) is 47.9 Å². The van der Waals surface area contributed by atoms with Crippen LogP contribution in [0.4, 0.5) is 13.2 Å². The minimum absolute atomic E-state index is 0.0601. The quantitative estimate of drug-likeness (QED) is 0.340. The second-order valence-electron chi connectivity index (χ2n) is 7.31. The Hall–Kier alpha value is -2.25. The van der Waals surface area contributed by atoms with Crippen LogP contribution >= 0.6 is 23.2 Å². The second-order valence-corrected chi connectivity index (χ2v) is 8.18. The first-order valence-electron chi connectivity index (χ1n) is 9.64. The third-order valence-corrected chi connectivity index (χ3v) is 5.46. The summed E-state index contributed by atoms with van der Waals surface area (Å²) < 4.78 is 47.5. The number of carbonyl (C=O) groups is 1. The van der Waals surface area contributed by atoms with Crippen molar-refractivity contribution < 1.29 is 27.5 Å². The standard InChI is InChI=1S/C22H20Cl2F3NO3/c1-3-4-7-30-20(29)18-6-5-14(8-13(18)2)19-12-21(31-28-19,22(25,26)27)15-9-16(23)11-17(24)10-15/h5-6,8-11H,3-4,7,12H2,1-2H3. The van der Waals surface area contributed by atoms with Gasteiger partial charge in [-0.15, -0.1) is 0 Å². The molecule has 0 aliphatic carbocycles. The van der Waals surface area contributed by atoms with Crippen LogP contribution in [0.3, 0.4) is 0 Å². The van der Waals surface area contributed by atoms with Crippen molar-refractivity contribution in [3.63, 3.8) is 0 Å². The number of esters is 1. The minimum Gasteiger partial charge on any atom is -0.462 e. The van der Waals surface area contributed by atoms with Gasteiger partial charge < -0.3 is 9.57 Å². The number of carbonyl (C=O) groups excluding carboxylic acids is 1. The number of ether oxygens (including phenoxy) is 1. The van der Waals surface area contributed by atoms with Crippen LogP contribution in [0.15, 0.2) is 41.6 Å². The predicted molar refractivity (Wildman–Crippen MR) is 113 cm³/mol. The van der Waals surface area contributed by atoms with Crippen molar-refractivity contribution in [1.29, 1.82) is 0 Å². The monoisotopic (exact) mass is 473 g/mol. The van der Waals surface area contributed by atoms with Gasteiger partial charge in [-0.3, -0.25) is 0 Å². The summed E-state index contributed by atoms with van der Waals surface area (Å²) in [5, 5.41) is 3.85. The molecule has 0 fully saturated rings. The average molecular weight is 474 g/mol. The normalized spacial score (nSPS) is 18.5. The van der Waals surface area contributed by atoms with Crippen LogP contribution in [-0.4, -0.2) is 24.5 Å². The van der Waals surface area contributed by atoms with E-state index in [2.05, 4.69) is 5.16 Å². The Morgan fingerprint density at radius 3 is 2.45 bits per heavy atom. The molecule has 0 radical (unpaired) electrons. The summed E-state index contributed by atoms with van der Waals surface area (Å²) in [7, 11) is 0. The van der Waals surface area contributed by atoms with Gasteiger partial charge in [-0.05, 0) is 54.8 Å². The average Bonchev–Trinajstić information content (AvgIpc) is 3.14. The van der Waals surface area contributed by atoms with E-state index in [1.165, 1.54) is 30.3 Å². The van der Waals surface area contributed by atoms with E-state index in [9.17, 15) is 18.0 Å². The first-order chi connectivity index (χ1) is 14.6. The molecular weight excluding hydrogens is 454 g/mol. The molecule has 2 aromatic rings. The Kier molecular flexibility index (Phi) is 6.86. The van der Waals surface area contributed by atoms with Crippen LogP contribution in [0, 0.1) is 6.92 Å². The smallest absolute Gasteiger partial charge is 0.435 e. The maximum absolute atomic E-state index is 14.1. The highest BCUT2D eigenvalue weighted by molar-refractivity contribution is 6.34. The van der Waals surface area contributed by atoms with Crippen molar-refractivity contribution in [2.75, 3.05) is 6.61 Å². The summed E-state index contributed by atoms with van der Waals surface area (Å²) >= 11 is 11.8. The molecule has 2 aromatic carbocycles. The number of alkyl halides is 3. The first-order valence-corrected chi connectivity index (χ1v) is 10.4. The Labute approximate surface area is 187 Å². The van der Waals surface area contributed by atoms with Crippen LogP contribution < -0.4 is 0 Å². The van der Waals surface area contributed by atoms with Gasteiger partial charge in [0.25, 0.3) is 5.60 Å². The van der Waals surface area contributed by atoms with Gasteiger partial charge >= 0.3 is 12.1 Å². The van der Waals surface area contributed by atoms with Gasteiger partial charge in [0, 0.05) is 22.0 Å². The number of rotatable bonds is 6. The summed E-state index contributed by atoms with van der Waals surface area (Å²) in [5.41, 5.74) is -1.50. The van der Waals surface area contributed by atoms with Crippen LogP contribution in [-0.2, 0) is 15.2 Å². The molecule has 0 spiro atoms. The van der Waals surface area contributed by atoms with Gasteiger partial charge in [-0.25, -0.2) is 4.79 Å². The molecule has 1 unspecified atom stereocenters. The van der Waals surface area contributed by atoms with Gasteiger partial charge in [0.15, 0.2) is 0 Å². The van der Waals surface area contributed by atoms with E-state index in [1.54, 1.807) is 13.0 Å². The van der Waals surface area contributed by atoms with Crippen molar-refractivity contribution in [1.82, 2.24) is 0 Å². The second kappa shape index (κ2) is 9.09. The Morgan fingerprint density at radius 2 is 1.87 bits per heavy atom. The van der Waals surface area contributed by atoms with E-state index in [1.807, 2.05) is 6.92 Å². The molecule has 4 nitrogen and oxygen atoms in total. The number of aryl methyl sites for hydroxylation is 1. The van der Waals surface area contributed by atoms with Gasteiger partial charge in [0.1, 0.15) is 0 Å². The molecule has 0 N–H and O–H groups in total. The van der Waals surface area contributed by atoms with Crippen LogP contribution in [0.1, 0.15) is 53.2 Å². The number of oxime groups is 1. The highest BCUT2D eigenvalue weighted by Crippen LogP contribution is 2.49. The van der Waals surface area contributed by atoms with Crippen molar-refractivity contribution in [3.8, 4) is 0 Å². The minimum atomic E-state index is -4.77. The molecule has 3 rings (SSSR count). The fraction of sp³-hybridized carbons (Fsp3) is 0.364. The third-order valence-electron chi connectivity index (χ3n) is 5.03. The summed E-state index contributed by atoms with van der Waals surface area (Å²) in [4.78, 5) is 17.2. The Bertz CT molecular complexity index is 1000. The fourth-order valence-corrected chi connectivity index (χ4v) is 3.83. The molecule has 9 heteroatoms. The zero-order valence-corrected chi connectivity index (χ0v) is 18.4. The van der Waals surface area contributed by atoms with E-state index >= 15 is 0 Å². The van der Waals surface area contributed by atoms with Crippen molar-refractivity contribution in [3.05, 3.63) is 68.7 Å². The predicted octanol–water partition coefficient (Wildman–Crippen LogP) is 6.84. The van der Waals surface area contributed by atoms with E-state index in [0.717, 1.165) is 12.8 Å². The molecule has 1 aliphatic heterocycles. The number of halogens is 5. The number of nitrogens with zero attached hydrogens (tertiary/aromatic N) is 1.